The van der Waals surface area contributed by atoms with Gasteiger partial charge in [-0.2, -0.15) is 0 Å². The van der Waals surface area contributed by atoms with E-state index >= 15 is 0 Å². The van der Waals surface area contributed by atoms with Crippen LogP contribution in [0.15, 0.2) is 30.3 Å². The maximum absolute atomic E-state index is 12.2. The Balaban J connectivity index is 1.42. The van der Waals surface area contributed by atoms with Gasteiger partial charge in [0, 0.05) is 32.6 Å². The van der Waals surface area contributed by atoms with Gasteiger partial charge in [-0.3, -0.25) is 4.79 Å². The van der Waals surface area contributed by atoms with Gasteiger partial charge >= 0.3 is 0 Å². The third-order valence-corrected chi connectivity index (χ3v) is 4.44. The van der Waals surface area contributed by atoms with Gasteiger partial charge in [0.05, 0.1) is 0 Å². The smallest absolute Gasteiger partial charge is 0.222 e. The first-order valence-electron chi connectivity index (χ1n) is 7.35. The monoisotopic (exact) mass is 258 g/mol. The summed E-state index contributed by atoms with van der Waals surface area (Å²) < 4.78 is 0. The van der Waals surface area contributed by atoms with Crippen LogP contribution in [-0.4, -0.2) is 37.0 Å². The van der Waals surface area contributed by atoms with Gasteiger partial charge < -0.3 is 10.2 Å². The molecule has 3 nitrogen and oxygen atoms in total. The highest BCUT2D eigenvalue weighted by Crippen LogP contribution is 2.26. The van der Waals surface area contributed by atoms with Crippen LogP contribution in [0.4, 0.5) is 0 Å². The van der Waals surface area contributed by atoms with Crippen molar-refractivity contribution in [1.29, 1.82) is 0 Å². The second kappa shape index (κ2) is 5.74. The lowest BCUT2D eigenvalue weighted by Gasteiger charge is -2.17. The molecule has 3 rings (SSSR count). The van der Waals surface area contributed by atoms with Gasteiger partial charge in [0.2, 0.25) is 5.91 Å². The van der Waals surface area contributed by atoms with Crippen LogP contribution in [-0.2, 0) is 11.2 Å². The van der Waals surface area contributed by atoms with E-state index in [9.17, 15) is 4.79 Å². The van der Waals surface area contributed by atoms with Crippen molar-refractivity contribution in [3.63, 3.8) is 0 Å². The van der Waals surface area contributed by atoms with Crippen LogP contribution < -0.4 is 5.32 Å². The van der Waals surface area contributed by atoms with Crippen LogP contribution in [0.2, 0.25) is 0 Å². The largest absolute Gasteiger partial charge is 0.342 e. The second-order valence-electron chi connectivity index (χ2n) is 5.82. The fourth-order valence-electron chi connectivity index (χ4n) is 3.31. The van der Waals surface area contributed by atoms with E-state index in [0.717, 1.165) is 39.0 Å². The summed E-state index contributed by atoms with van der Waals surface area (Å²) in [5, 5.41) is 3.41. The number of benzene rings is 1. The van der Waals surface area contributed by atoms with Crippen molar-refractivity contribution in [2.24, 2.45) is 11.8 Å². The minimum Gasteiger partial charge on any atom is -0.342 e. The molecule has 0 saturated carbocycles. The van der Waals surface area contributed by atoms with E-state index in [0.29, 0.717) is 24.2 Å². The van der Waals surface area contributed by atoms with Crippen LogP contribution in [0.3, 0.4) is 0 Å². The number of carbonyl (C=O) groups excluding carboxylic acids is 1. The Morgan fingerprint density at radius 3 is 2.53 bits per heavy atom. The second-order valence-corrected chi connectivity index (χ2v) is 5.82. The van der Waals surface area contributed by atoms with Gasteiger partial charge in [0.15, 0.2) is 0 Å². The molecule has 1 N–H and O–H groups in total. The zero-order valence-corrected chi connectivity index (χ0v) is 11.3. The molecule has 2 saturated heterocycles. The van der Waals surface area contributed by atoms with E-state index in [2.05, 4.69) is 34.5 Å². The van der Waals surface area contributed by atoms with E-state index in [1.807, 2.05) is 6.07 Å². The Hall–Kier alpha value is -1.35. The van der Waals surface area contributed by atoms with Gasteiger partial charge in [-0.1, -0.05) is 30.3 Å². The van der Waals surface area contributed by atoms with Gasteiger partial charge in [0.1, 0.15) is 0 Å². The molecule has 1 amide bonds. The quantitative estimate of drug-likeness (QED) is 0.891. The number of rotatable bonds is 4. The fourth-order valence-corrected chi connectivity index (χ4v) is 3.31. The van der Waals surface area contributed by atoms with E-state index < -0.39 is 0 Å². The molecule has 1 aromatic carbocycles. The molecule has 19 heavy (non-hydrogen) atoms. The maximum Gasteiger partial charge on any atom is 0.222 e. The summed E-state index contributed by atoms with van der Waals surface area (Å²) in [4.78, 5) is 14.3. The Bertz CT molecular complexity index is 420. The number of likely N-dealkylation sites (tertiary alicyclic amines) is 1. The molecule has 0 unspecified atom stereocenters. The number of hydrogen-bond acceptors (Lipinski definition) is 2. The zero-order valence-electron chi connectivity index (χ0n) is 11.3. The van der Waals surface area contributed by atoms with Crippen molar-refractivity contribution >= 4 is 5.91 Å². The van der Waals surface area contributed by atoms with Crippen LogP contribution in [0.25, 0.3) is 0 Å². The number of hydrogen-bond donors (Lipinski definition) is 1. The predicted octanol–water partition coefficient (Wildman–Crippen LogP) is 1.69. The number of aryl methyl sites for hydroxylation is 1. The molecule has 1 aromatic rings. The first kappa shape index (κ1) is 12.7. The van der Waals surface area contributed by atoms with Crippen molar-refractivity contribution in [3.05, 3.63) is 35.9 Å². The zero-order chi connectivity index (χ0) is 13.1. The van der Waals surface area contributed by atoms with E-state index in [1.165, 1.54) is 5.56 Å². The molecule has 2 fully saturated rings. The van der Waals surface area contributed by atoms with Crippen molar-refractivity contribution < 1.29 is 4.79 Å². The van der Waals surface area contributed by atoms with Gasteiger partial charge in [-0.25, -0.2) is 0 Å². The SMILES string of the molecule is O=C(CCCc1ccccc1)N1C[C@H]2CNC[C@H]2C1. The van der Waals surface area contributed by atoms with Crippen LogP contribution in [0, 0.1) is 11.8 Å². The highest BCUT2D eigenvalue weighted by molar-refractivity contribution is 5.76. The van der Waals surface area contributed by atoms with E-state index in [1.54, 1.807) is 0 Å². The third-order valence-electron chi connectivity index (χ3n) is 4.44. The first-order chi connectivity index (χ1) is 9.33. The molecule has 0 aromatic heterocycles. The molecule has 102 valence electrons. The summed E-state index contributed by atoms with van der Waals surface area (Å²) in [5.41, 5.74) is 1.33. The molecule has 2 aliphatic heterocycles. The molecule has 0 aliphatic carbocycles. The van der Waals surface area contributed by atoms with Crippen LogP contribution in [0.1, 0.15) is 18.4 Å². The Morgan fingerprint density at radius 2 is 1.84 bits per heavy atom. The molecular weight excluding hydrogens is 236 g/mol. The van der Waals surface area contributed by atoms with Crippen LogP contribution in [0.5, 0.6) is 0 Å². The average Bonchev–Trinajstić information content (AvgIpc) is 3.00. The molecule has 2 heterocycles. The molecule has 0 bridgehead atoms. The minimum absolute atomic E-state index is 0.352. The third kappa shape index (κ3) is 2.98. The first-order valence-corrected chi connectivity index (χ1v) is 7.35. The van der Waals surface area contributed by atoms with Crippen molar-refractivity contribution in [1.82, 2.24) is 10.2 Å². The Kier molecular flexibility index (Phi) is 3.83. The molecule has 2 atom stereocenters. The molecule has 3 heteroatoms. The summed E-state index contributed by atoms with van der Waals surface area (Å²) in [7, 11) is 0. The van der Waals surface area contributed by atoms with E-state index in [4.69, 9.17) is 0 Å². The molecule has 2 aliphatic rings. The van der Waals surface area contributed by atoms with Crippen molar-refractivity contribution in [2.45, 2.75) is 19.3 Å². The Labute approximate surface area is 115 Å². The summed E-state index contributed by atoms with van der Waals surface area (Å²) in [5.74, 6) is 1.77. The van der Waals surface area contributed by atoms with Crippen molar-refractivity contribution in [3.8, 4) is 0 Å². The number of fused-ring (bicyclic) bond motifs is 1. The van der Waals surface area contributed by atoms with Gasteiger partial charge in [-0.05, 0) is 30.2 Å². The normalized spacial score (nSPS) is 25.6. The summed E-state index contributed by atoms with van der Waals surface area (Å²) >= 11 is 0. The highest BCUT2D eigenvalue weighted by Gasteiger charge is 2.37. The highest BCUT2D eigenvalue weighted by atomic mass is 16.2. The number of carbonyl (C=O) groups is 1. The fraction of sp³-hybridized carbons (Fsp3) is 0.562. The topological polar surface area (TPSA) is 32.3 Å². The van der Waals surface area contributed by atoms with Gasteiger partial charge in [0.25, 0.3) is 0 Å². The molecule has 0 spiro atoms. The lowest BCUT2D eigenvalue weighted by molar-refractivity contribution is -0.130. The lowest BCUT2D eigenvalue weighted by Crippen LogP contribution is -2.31. The van der Waals surface area contributed by atoms with Crippen LogP contribution >= 0.6 is 0 Å². The number of nitrogens with one attached hydrogen (secondary N) is 1. The molecule has 0 radical (unpaired) electrons. The predicted molar refractivity (Wildman–Crippen MR) is 75.8 cm³/mol. The Morgan fingerprint density at radius 1 is 1.16 bits per heavy atom. The van der Waals surface area contributed by atoms with Crippen molar-refractivity contribution in [2.75, 3.05) is 26.2 Å². The minimum atomic E-state index is 0.352. The number of nitrogens with zero attached hydrogens (tertiary/aromatic N) is 1. The lowest BCUT2D eigenvalue weighted by atomic mass is 10.0. The van der Waals surface area contributed by atoms with E-state index in [-0.39, 0.29) is 0 Å². The average molecular weight is 258 g/mol. The summed E-state index contributed by atoms with van der Waals surface area (Å²) in [6, 6.07) is 10.4. The summed E-state index contributed by atoms with van der Waals surface area (Å²) in [6.45, 7) is 4.14. The number of amides is 1. The maximum atomic E-state index is 12.2. The van der Waals surface area contributed by atoms with Gasteiger partial charge in [-0.15, -0.1) is 0 Å². The summed E-state index contributed by atoms with van der Waals surface area (Å²) in [6.07, 6.45) is 2.67. The standard InChI is InChI=1S/C16H22N2O/c19-16(8-4-7-13-5-2-1-3-6-13)18-11-14-9-17-10-15(14)12-18/h1-3,5-6,14-15,17H,4,7-12H2/t14-,15+. The molecular formula is C16H22N2O.